The maximum absolute atomic E-state index is 5.23. The van der Waals surface area contributed by atoms with E-state index in [1.54, 1.807) is 0 Å². The van der Waals surface area contributed by atoms with Crippen LogP contribution in [0, 0.1) is 6.92 Å². The lowest BCUT2D eigenvalue weighted by molar-refractivity contribution is 0.593. The summed E-state index contributed by atoms with van der Waals surface area (Å²) in [6.07, 6.45) is 7.78. The Labute approximate surface area is 136 Å². The second kappa shape index (κ2) is 7.95. The summed E-state index contributed by atoms with van der Waals surface area (Å²) in [5.41, 5.74) is 7.92. The molecule has 0 radical (unpaired) electrons. The molecule has 112 valence electrons. The maximum atomic E-state index is 5.23. The van der Waals surface area contributed by atoms with Gasteiger partial charge in [0.1, 0.15) is 0 Å². The highest BCUT2D eigenvalue weighted by atomic mass is 32.1. The van der Waals surface area contributed by atoms with Crippen LogP contribution in [0.3, 0.4) is 0 Å². The minimum atomic E-state index is 0.305. The predicted molar refractivity (Wildman–Crippen MR) is 96.2 cm³/mol. The van der Waals surface area contributed by atoms with Crippen LogP contribution in [0.25, 0.3) is 0 Å². The van der Waals surface area contributed by atoms with Gasteiger partial charge in [-0.05, 0) is 62.8 Å². The van der Waals surface area contributed by atoms with Gasteiger partial charge in [-0.25, -0.2) is 0 Å². The number of thiocarbonyl (C=S) groups is 2. The highest BCUT2D eigenvalue weighted by Gasteiger charge is 2.09. The Morgan fingerprint density at radius 1 is 1.10 bits per heavy atom. The normalized spacial score (nSPS) is 16.9. The van der Waals surface area contributed by atoms with E-state index in [2.05, 4.69) is 33.6 Å². The molecule has 1 atom stereocenters. The molecule has 1 aromatic rings. The minimum absolute atomic E-state index is 0.305. The molecule has 21 heavy (non-hydrogen) atoms. The Morgan fingerprint density at radius 2 is 1.81 bits per heavy atom. The molecular formula is C15H20N4S2. The number of hydrogen-bond acceptors (Lipinski definition) is 2. The Balaban J connectivity index is 1.70. The Hall–Kier alpha value is -1.66. The highest BCUT2D eigenvalue weighted by Crippen LogP contribution is 2.10. The summed E-state index contributed by atoms with van der Waals surface area (Å²) in [5, 5.41) is 7.33. The topological polar surface area (TPSA) is 48.1 Å². The van der Waals surface area contributed by atoms with Crippen molar-refractivity contribution >= 4 is 40.3 Å². The zero-order chi connectivity index (χ0) is 15.1. The number of benzene rings is 1. The molecule has 1 aliphatic carbocycles. The fourth-order valence-electron chi connectivity index (χ4n) is 2.05. The minimum Gasteiger partial charge on any atom is -0.355 e. The zero-order valence-electron chi connectivity index (χ0n) is 12.0. The third-order valence-electron chi connectivity index (χ3n) is 3.17. The smallest absolute Gasteiger partial charge is 0.189 e. The van der Waals surface area contributed by atoms with E-state index in [1.807, 2.05) is 31.2 Å². The standard InChI is InChI=1S/C15H20N4S2/c1-11-7-9-13(10-8-11)17-15(21)19-18-14(20)16-12-5-3-2-4-6-12/h3,5,7-10,12H,2,4,6H2,1H3,(H2,16,18,20)(H2,17,19,21). The van der Waals surface area contributed by atoms with E-state index in [9.17, 15) is 0 Å². The quantitative estimate of drug-likeness (QED) is 0.382. The summed E-state index contributed by atoms with van der Waals surface area (Å²) in [7, 11) is 0. The average molecular weight is 320 g/mol. The second-order valence-corrected chi connectivity index (χ2v) is 5.83. The molecule has 6 heteroatoms. The molecule has 0 bridgehead atoms. The van der Waals surface area contributed by atoms with Gasteiger partial charge in [-0.3, -0.25) is 10.9 Å². The first kappa shape index (κ1) is 15.7. The van der Waals surface area contributed by atoms with E-state index >= 15 is 0 Å². The molecule has 1 aliphatic rings. The van der Waals surface area contributed by atoms with Gasteiger partial charge in [0.05, 0.1) is 0 Å². The van der Waals surface area contributed by atoms with E-state index < -0.39 is 0 Å². The van der Waals surface area contributed by atoms with Crippen LogP contribution in [0.5, 0.6) is 0 Å². The molecule has 0 saturated heterocycles. The summed E-state index contributed by atoms with van der Waals surface area (Å²) in [4.78, 5) is 0. The van der Waals surface area contributed by atoms with Crippen LogP contribution in [0.15, 0.2) is 36.4 Å². The van der Waals surface area contributed by atoms with Gasteiger partial charge in [-0.1, -0.05) is 29.8 Å². The largest absolute Gasteiger partial charge is 0.355 e. The number of rotatable bonds is 2. The number of anilines is 1. The predicted octanol–water partition coefficient (Wildman–Crippen LogP) is 2.77. The van der Waals surface area contributed by atoms with Crippen LogP contribution in [0.1, 0.15) is 24.8 Å². The molecule has 0 saturated carbocycles. The summed E-state index contributed by atoms with van der Waals surface area (Å²) in [6, 6.07) is 8.32. The molecule has 4 nitrogen and oxygen atoms in total. The number of allylic oxidation sites excluding steroid dienone is 1. The van der Waals surface area contributed by atoms with Gasteiger partial charge < -0.3 is 10.6 Å². The first-order valence-electron chi connectivity index (χ1n) is 7.00. The molecule has 1 aromatic carbocycles. The van der Waals surface area contributed by atoms with E-state index in [0.29, 0.717) is 16.3 Å². The summed E-state index contributed by atoms with van der Waals surface area (Å²) < 4.78 is 0. The lowest BCUT2D eigenvalue weighted by atomic mass is 10.0. The second-order valence-electron chi connectivity index (χ2n) is 5.01. The fourth-order valence-corrected chi connectivity index (χ4v) is 2.42. The molecule has 0 spiro atoms. The van der Waals surface area contributed by atoms with Gasteiger partial charge in [-0.2, -0.15) is 0 Å². The van der Waals surface area contributed by atoms with Crippen LogP contribution in [0.4, 0.5) is 5.69 Å². The Morgan fingerprint density at radius 3 is 2.48 bits per heavy atom. The van der Waals surface area contributed by atoms with Gasteiger partial charge in [0.2, 0.25) is 0 Å². The third kappa shape index (κ3) is 5.69. The van der Waals surface area contributed by atoms with Crippen molar-refractivity contribution in [2.45, 2.75) is 32.2 Å². The van der Waals surface area contributed by atoms with Crippen LogP contribution >= 0.6 is 24.4 Å². The molecule has 0 fully saturated rings. The summed E-state index contributed by atoms with van der Waals surface area (Å²) >= 11 is 10.4. The monoisotopic (exact) mass is 320 g/mol. The maximum Gasteiger partial charge on any atom is 0.189 e. The zero-order valence-corrected chi connectivity index (χ0v) is 13.6. The van der Waals surface area contributed by atoms with Gasteiger partial charge in [0, 0.05) is 11.7 Å². The van der Waals surface area contributed by atoms with Gasteiger partial charge in [0.25, 0.3) is 0 Å². The van der Waals surface area contributed by atoms with Crippen molar-refractivity contribution in [3.63, 3.8) is 0 Å². The van der Waals surface area contributed by atoms with Crippen molar-refractivity contribution in [2.75, 3.05) is 5.32 Å². The lowest BCUT2D eigenvalue weighted by Gasteiger charge is -2.21. The SMILES string of the molecule is Cc1ccc(NC(=S)NNC(=S)NC2C=CCCC2)cc1. The number of hydrogen-bond donors (Lipinski definition) is 4. The first-order valence-corrected chi connectivity index (χ1v) is 7.82. The molecule has 0 aromatic heterocycles. The molecular weight excluding hydrogens is 300 g/mol. The Bertz CT molecular complexity index is 525. The van der Waals surface area contributed by atoms with Crippen molar-refractivity contribution in [1.82, 2.24) is 16.2 Å². The number of hydrazine groups is 1. The van der Waals surface area contributed by atoms with Crippen molar-refractivity contribution in [1.29, 1.82) is 0 Å². The lowest BCUT2D eigenvalue weighted by Crippen LogP contribution is -2.50. The number of aryl methyl sites for hydroxylation is 1. The molecule has 1 unspecified atom stereocenters. The third-order valence-corrected chi connectivity index (χ3v) is 3.59. The van der Waals surface area contributed by atoms with Crippen molar-refractivity contribution in [2.24, 2.45) is 0 Å². The van der Waals surface area contributed by atoms with Crippen molar-refractivity contribution in [3.8, 4) is 0 Å². The molecule has 0 amide bonds. The van der Waals surface area contributed by atoms with Gasteiger partial charge >= 0.3 is 0 Å². The van der Waals surface area contributed by atoms with Gasteiger partial charge in [0.15, 0.2) is 10.2 Å². The Kier molecular flexibility index (Phi) is 5.95. The fraction of sp³-hybridized carbons (Fsp3) is 0.333. The van der Waals surface area contributed by atoms with Crippen LogP contribution < -0.4 is 21.5 Å². The number of nitrogens with one attached hydrogen (secondary N) is 4. The van der Waals surface area contributed by atoms with Crippen LogP contribution in [-0.4, -0.2) is 16.3 Å². The van der Waals surface area contributed by atoms with Crippen LogP contribution in [-0.2, 0) is 0 Å². The summed E-state index contributed by atoms with van der Waals surface area (Å²) in [6.45, 7) is 2.05. The molecule has 0 aliphatic heterocycles. The first-order chi connectivity index (χ1) is 10.1. The van der Waals surface area contributed by atoms with E-state index in [-0.39, 0.29) is 0 Å². The van der Waals surface area contributed by atoms with E-state index in [4.69, 9.17) is 24.4 Å². The highest BCUT2D eigenvalue weighted by molar-refractivity contribution is 7.80. The summed E-state index contributed by atoms with van der Waals surface area (Å²) in [5.74, 6) is 0. The molecule has 0 heterocycles. The molecule has 4 N–H and O–H groups in total. The van der Waals surface area contributed by atoms with E-state index in [0.717, 1.165) is 18.5 Å². The van der Waals surface area contributed by atoms with Crippen molar-refractivity contribution < 1.29 is 0 Å². The van der Waals surface area contributed by atoms with Gasteiger partial charge in [-0.15, -0.1) is 0 Å². The van der Waals surface area contributed by atoms with Crippen LogP contribution in [0.2, 0.25) is 0 Å². The average Bonchev–Trinajstić information content (AvgIpc) is 2.49. The molecule has 2 rings (SSSR count). The van der Waals surface area contributed by atoms with Crippen molar-refractivity contribution in [3.05, 3.63) is 42.0 Å². The van der Waals surface area contributed by atoms with E-state index in [1.165, 1.54) is 12.0 Å².